The van der Waals surface area contributed by atoms with Crippen LogP contribution in [0.5, 0.6) is 0 Å². The van der Waals surface area contributed by atoms with Crippen molar-refractivity contribution in [1.82, 2.24) is 10.3 Å². The lowest BCUT2D eigenvalue weighted by Crippen LogP contribution is -2.43. The summed E-state index contributed by atoms with van der Waals surface area (Å²) in [4.78, 5) is 4.25. The molecule has 1 saturated carbocycles. The van der Waals surface area contributed by atoms with Crippen molar-refractivity contribution in [3.05, 3.63) is 57.7 Å². The molecule has 0 bridgehead atoms. The lowest BCUT2D eigenvalue weighted by Gasteiger charge is -2.38. The zero-order chi connectivity index (χ0) is 18.6. The van der Waals surface area contributed by atoms with Crippen LogP contribution in [0.15, 0.2) is 36.5 Å². The van der Waals surface area contributed by atoms with Crippen molar-refractivity contribution in [1.29, 1.82) is 0 Å². The number of nitrogens with one attached hydrogen (secondary N) is 2. The monoisotopic (exact) mass is 407 g/mol. The number of aromatic nitrogens is 1. The van der Waals surface area contributed by atoms with Gasteiger partial charge in [0.15, 0.2) is 10.9 Å². The average Bonchev–Trinajstić information content (AvgIpc) is 2.68. The van der Waals surface area contributed by atoms with E-state index in [1.54, 1.807) is 6.20 Å². The summed E-state index contributed by atoms with van der Waals surface area (Å²) in [6.07, 6.45) is 7.74. The third kappa shape index (κ3) is 4.30. The second-order valence-corrected chi connectivity index (χ2v) is 8.10. The molecule has 2 N–H and O–H groups in total. The highest BCUT2D eigenvalue weighted by Crippen LogP contribution is 2.39. The van der Waals surface area contributed by atoms with Crippen LogP contribution in [0.4, 0.5) is 5.82 Å². The first-order valence-corrected chi connectivity index (χ1v) is 10.1. The summed E-state index contributed by atoms with van der Waals surface area (Å²) >= 11 is 17.9. The number of anilines is 1. The van der Waals surface area contributed by atoms with Crippen molar-refractivity contribution in [2.75, 3.05) is 11.9 Å². The highest BCUT2D eigenvalue weighted by Gasteiger charge is 2.33. The molecule has 0 amide bonds. The molecule has 0 saturated heterocycles. The van der Waals surface area contributed by atoms with E-state index in [0.717, 1.165) is 12.1 Å². The van der Waals surface area contributed by atoms with E-state index in [1.807, 2.05) is 6.92 Å². The normalized spacial score (nSPS) is 16.1. The topological polar surface area (TPSA) is 37.0 Å². The van der Waals surface area contributed by atoms with Crippen LogP contribution in [-0.2, 0) is 5.41 Å². The van der Waals surface area contributed by atoms with Gasteiger partial charge in [0.25, 0.3) is 0 Å². The molecule has 1 aromatic carbocycles. The molecule has 1 aromatic heterocycles. The van der Waals surface area contributed by atoms with Crippen LogP contribution < -0.4 is 10.6 Å². The maximum Gasteiger partial charge on any atom is 0.172 e. The van der Waals surface area contributed by atoms with E-state index in [0.29, 0.717) is 21.0 Å². The van der Waals surface area contributed by atoms with E-state index < -0.39 is 0 Å². The van der Waals surface area contributed by atoms with E-state index in [-0.39, 0.29) is 5.41 Å². The van der Waals surface area contributed by atoms with Crippen molar-refractivity contribution in [2.24, 2.45) is 0 Å². The Morgan fingerprint density at radius 3 is 2.54 bits per heavy atom. The Morgan fingerprint density at radius 1 is 1.15 bits per heavy atom. The predicted octanol–water partition coefficient (Wildman–Crippen LogP) is 5.89. The molecule has 1 aliphatic carbocycles. The standard InChI is InChI=1S/C20H23Cl2N3S/c1-14-16(21)12-23-18(17(14)22)25-19(26)24-13-20(10-6-3-7-11-20)15-8-4-2-5-9-15/h2,4-5,8-9,12H,3,6-7,10-11,13H2,1H3,(H2,23,24,25,26). The number of hydrogen-bond acceptors (Lipinski definition) is 2. The molecule has 3 nitrogen and oxygen atoms in total. The Hall–Kier alpha value is -1.36. The molecular weight excluding hydrogens is 385 g/mol. The molecule has 0 unspecified atom stereocenters. The fraction of sp³-hybridized carbons (Fsp3) is 0.400. The highest BCUT2D eigenvalue weighted by molar-refractivity contribution is 7.80. The largest absolute Gasteiger partial charge is 0.362 e. The Kier molecular flexibility index (Phi) is 6.38. The zero-order valence-electron chi connectivity index (χ0n) is 14.8. The molecular formula is C20H23Cl2N3S. The van der Waals surface area contributed by atoms with Crippen LogP contribution in [0.3, 0.4) is 0 Å². The summed E-state index contributed by atoms with van der Waals surface area (Å²) in [6, 6.07) is 10.7. The second-order valence-electron chi connectivity index (χ2n) is 6.91. The van der Waals surface area contributed by atoms with E-state index in [1.165, 1.54) is 37.7 Å². The van der Waals surface area contributed by atoms with Gasteiger partial charge in [0.2, 0.25) is 0 Å². The molecule has 0 atom stereocenters. The zero-order valence-corrected chi connectivity index (χ0v) is 17.1. The Balaban J connectivity index is 1.70. The van der Waals surface area contributed by atoms with E-state index in [9.17, 15) is 0 Å². The van der Waals surface area contributed by atoms with E-state index in [4.69, 9.17) is 35.4 Å². The molecule has 1 heterocycles. The number of halogens is 2. The van der Waals surface area contributed by atoms with Gasteiger partial charge in [0.1, 0.15) is 0 Å². The van der Waals surface area contributed by atoms with Gasteiger partial charge in [-0.15, -0.1) is 0 Å². The maximum absolute atomic E-state index is 6.32. The van der Waals surface area contributed by atoms with Gasteiger partial charge in [-0.05, 0) is 43.1 Å². The summed E-state index contributed by atoms with van der Waals surface area (Å²) in [5.74, 6) is 0.531. The van der Waals surface area contributed by atoms with Gasteiger partial charge in [0.05, 0.1) is 10.0 Å². The van der Waals surface area contributed by atoms with Crippen molar-refractivity contribution in [3.8, 4) is 0 Å². The van der Waals surface area contributed by atoms with Crippen molar-refractivity contribution < 1.29 is 0 Å². The summed E-state index contributed by atoms with van der Waals surface area (Å²) in [6.45, 7) is 2.66. The smallest absolute Gasteiger partial charge is 0.172 e. The molecule has 0 aliphatic heterocycles. The summed E-state index contributed by atoms with van der Waals surface area (Å²) in [7, 11) is 0. The average molecular weight is 408 g/mol. The molecule has 3 rings (SSSR count). The number of benzene rings is 1. The van der Waals surface area contributed by atoms with E-state index >= 15 is 0 Å². The number of pyridine rings is 1. The molecule has 1 aliphatic rings. The van der Waals surface area contributed by atoms with Crippen LogP contribution in [0, 0.1) is 6.92 Å². The van der Waals surface area contributed by atoms with Crippen LogP contribution in [0.25, 0.3) is 0 Å². The lowest BCUT2D eigenvalue weighted by atomic mass is 9.69. The fourth-order valence-corrected chi connectivity index (χ4v) is 4.19. The van der Waals surface area contributed by atoms with Gasteiger partial charge < -0.3 is 10.6 Å². The van der Waals surface area contributed by atoms with Gasteiger partial charge in [-0.3, -0.25) is 0 Å². The molecule has 6 heteroatoms. The van der Waals surface area contributed by atoms with Crippen molar-refractivity contribution in [3.63, 3.8) is 0 Å². The number of thiocarbonyl (C=S) groups is 1. The first-order valence-electron chi connectivity index (χ1n) is 8.93. The number of nitrogens with zero attached hydrogens (tertiary/aromatic N) is 1. The quantitative estimate of drug-likeness (QED) is 0.619. The number of rotatable bonds is 4. The Morgan fingerprint density at radius 2 is 1.85 bits per heavy atom. The molecule has 138 valence electrons. The van der Waals surface area contributed by atoms with Crippen LogP contribution in [0.1, 0.15) is 43.2 Å². The maximum atomic E-state index is 6.32. The number of hydrogen-bond donors (Lipinski definition) is 2. The summed E-state index contributed by atoms with van der Waals surface area (Å²) in [5, 5.41) is 8.07. The molecule has 0 radical (unpaired) electrons. The SMILES string of the molecule is Cc1c(Cl)cnc(NC(=S)NCC2(c3ccccc3)CCCCC2)c1Cl. The summed E-state index contributed by atoms with van der Waals surface area (Å²) in [5.41, 5.74) is 2.30. The predicted molar refractivity (Wildman–Crippen MR) is 114 cm³/mol. The van der Waals surface area contributed by atoms with E-state index in [2.05, 4.69) is 45.9 Å². The van der Waals surface area contributed by atoms with Gasteiger partial charge in [-0.25, -0.2) is 4.98 Å². The lowest BCUT2D eigenvalue weighted by molar-refractivity contribution is 0.292. The minimum atomic E-state index is 0.123. The van der Waals surface area contributed by atoms with Gasteiger partial charge in [-0.2, -0.15) is 0 Å². The second kappa shape index (κ2) is 8.55. The Bertz CT molecular complexity index is 774. The first kappa shape index (κ1) is 19.4. The van der Waals surface area contributed by atoms with Crippen LogP contribution >= 0.6 is 35.4 Å². The van der Waals surface area contributed by atoms with Crippen molar-refractivity contribution >= 4 is 46.4 Å². The summed E-state index contributed by atoms with van der Waals surface area (Å²) < 4.78 is 0. The van der Waals surface area contributed by atoms with Gasteiger partial charge >= 0.3 is 0 Å². The third-order valence-electron chi connectivity index (χ3n) is 5.22. The van der Waals surface area contributed by atoms with Gasteiger partial charge in [0, 0.05) is 18.2 Å². The van der Waals surface area contributed by atoms with Crippen LogP contribution in [0.2, 0.25) is 10.0 Å². The minimum Gasteiger partial charge on any atom is -0.362 e. The third-order valence-corrected chi connectivity index (χ3v) is 6.31. The highest BCUT2D eigenvalue weighted by atomic mass is 35.5. The van der Waals surface area contributed by atoms with Crippen LogP contribution in [-0.4, -0.2) is 16.6 Å². The molecule has 0 spiro atoms. The van der Waals surface area contributed by atoms with Crippen molar-refractivity contribution in [2.45, 2.75) is 44.4 Å². The molecule has 1 fully saturated rings. The minimum absolute atomic E-state index is 0.123. The Labute approximate surface area is 170 Å². The first-order chi connectivity index (χ1) is 12.5. The van der Waals surface area contributed by atoms with Gasteiger partial charge in [-0.1, -0.05) is 72.8 Å². The fourth-order valence-electron chi connectivity index (χ4n) is 3.63. The molecule has 2 aromatic rings. The molecule has 26 heavy (non-hydrogen) atoms.